The predicted molar refractivity (Wildman–Crippen MR) is 74.2 cm³/mol. The molecule has 0 fully saturated rings. The van der Waals surface area contributed by atoms with Gasteiger partial charge in [0.05, 0.1) is 0 Å². The van der Waals surface area contributed by atoms with Crippen LogP contribution in [0, 0.1) is 0 Å². The molecule has 2 nitrogen and oxygen atoms in total. The van der Waals surface area contributed by atoms with E-state index in [9.17, 15) is 0 Å². The number of aryl methyl sites for hydroxylation is 1. The van der Waals surface area contributed by atoms with Crippen molar-refractivity contribution in [1.82, 2.24) is 9.88 Å². The van der Waals surface area contributed by atoms with E-state index in [1.54, 1.807) is 0 Å². The van der Waals surface area contributed by atoms with E-state index in [1.165, 1.54) is 16.5 Å². The molecule has 0 saturated heterocycles. The normalized spacial score (nSPS) is 12.2. The van der Waals surface area contributed by atoms with Gasteiger partial charge in [0.25, 0.3) is 0 Å². The summed E-state index contributed by atoms with van der Waals surface area (Å²) in [4.78, 5) is 0. The number of nitrogens with one attached hydrogen (secondary N) is 1. The third-order valence-corrected chi connectivity index (χ3v) is 3.00. The van der Waals surface area contributed by atoms with E-state index < -0.39 is 0 Å². The van der Waals surface area contributed by atoms with Gasteiger partial charge >= 0.3 is 0 Å². The summed E-state index contributed by atoms with van der Waals surface area (Å²) < 4.78 is 2.27. The van der Waals surface area contributed by atoms with Crippen LogP contribution >= 0.6 is 0 Å². The van der Waals surface area contributed by atoms with Crippen molar-refractivity contribution in [2.75, 3.05) is 0 Å². The molecule has 17 heavy (non-hydrogen) atoms. The van der Waals surface area contributed by atoms with Gasteiger partial charge in [-0.1, -0.05) is 6.07 Å². The number of benzene rings is 1. The Balaban J connectivity index is 2.21. The van der Waals surface area contributed by atoms with Gasteiger partial charge in [0.1, 0.15) is 0 Å². The van der Waals surface area contributed by atoms with E-state index in [0.29, 0.717) is 0 Å². The standard InChI is InChI=1S/C15H22N2/c1-5-17-9-8-13-10-12(6-7-14(13)17)11-16-15(2,3)4/h6-10,16H,5,11H2,1-4H3. The van der Waals surface area contributed by atoms with Crippen molar-refractivity contribution in [3.63, 3.8) is 0 Å². The van der Waals surface area contributed by atoms with Gasteiger partial charge in [-0.2, -0.15) is 0 Å². The molecule has 2 aromatic rings. The van der Waals surface area contributed by atoms with Crippen LogP contribution in [0.4, 0.5) is 0 Å². The Morgan fingerprint density at radius 2 is 1.94 bits per heavy atom. The molecular weight excluding hydrogens is 208 g/mol. The summed E-state index contributed by atoms with van der Waals surface area (Å²) >= 11 is 0. The molecule has 0 unspecified atom stereocenters. The maximum absolute atomic E-state index is 3.52. The third kappa shape index (κ3) is 2.89. The Morgan fingerprint density at radius 1 is 1.18 bits per heavy atom. The van der Waals surface area contributed by atoms with Crippen LogP contribution in [-0.4, -0.2) is 10.1 Å². The Morgan fingerprint density at radius 3 is 2.59 bits per heavy atom. The zero-order valence-electron chi connectivity index (χ0n) is 11.2. The first-order valence-electron chi connectivity index (χ1n) is 6.32. The van der Waals surface area contributed by atoms with E-state index >= 15 is 0 Å². The Bertz CT molecular complexity index is 503. The number of hydrogen-bond donors (Lipinski definition) is 1. The van der Waals surface area contributed by atoms with E-state index in [1.807, 2.05) is 0 Å². The molecule has 1 aromatic heterocycles. The Labute approximate surface area is 104 Å². The van der Waals surface area contributed by atoms with Crippen LogP contribution in [0.3, 0.4) is 0 Å². The molecule has 1 heterocycles. The van der Waals surface area contributed by atoms with Gasteiger partial charge < -0.3 is 9.88 Å². The summed E-state index contributed by atoms with van der Waals surface area (Å²) in [7, 11) is 0. The first kappa shape index (κ1) is 12.2. The minimum absolute atomic E-state index is 0.171. The molecule has 92 valence electrons. The van der Waals surface area contributed by atoms with Crippen LogP contribution in [0.2, 0.25) is 0 Å². The molecule has 0 amide bonds. The highest BCUT2D eigenvalue weighted by molar-refractivity contribution is 5.80. The molecule has 1 aromatic carbocycles. The quantitative estimate of drug-likeness (QED) is 0.853. The number of fused-ring (bicyclic) bond motifs is 1. The van der Waals surface area contributed by atoms with E-state index in [0.717, 1.165) is 13.1 Å². The number of aromatic nitrogens is 1. The third-order valence-electron chi connectivity index (χ3n) is 3.00. The molecule has 0 spiro atoms. The van der Waals surface area contributed by atoms with Crippen molar-refractivity contribution in [1.29, 1.82) is 0 Å². The number of nitrogens with zero attached hydrogens (tertiary/aromatic N) is 1. The van der Waals surface area contributed by atoms with Crippen LogP contribution in [0.1, 0.15) is 33.3 Å². The summed E-state index contributed by atoms with van der Waals surface area (Å²) in [6.45, 7) is 10.7. The van der Waals surface area contributed by atoms with Crippen molar-refractivity contribution >= 4 is 10.9 Å². The van der Waals surface area contributed by atoms with E-state index in [4.69, 9.17) is 0 Å². The molecule has 0 aliphatic rings. The second-order valence-corrected chi connectivity index (χ2v) is 5.60. The zero-order chi connectivity index (χ0) is 12.5. The van der Waals surface area contributed by atoms with Crippen LogP contribution in [0.15, 0.2) is 30.5 Å². The topological polar surface area (TPSA) is 17.0 Å². The average Bonchev–Trinajstić information content (AvgIpc) is 2.67. The van der Waals surface area contributed by atoms with Gasteiger partial charge in [0, 0.05) is 30.3 Å². The second kappa shape index (κ2) is 4.53. The highest BCUT2D eigenvalue weighted by atomic mass is 14.9. The highest BCUT2D eigenvalue weighted by Crippen LogP contribution is 2.18. The number of rotatable bonds is 3. The molecular formula is C15H22N2. The summed E-state index contributed by atoms with van der Waals surface area (Å²) in [5.41, 5.74) is 2.85. The molecule has 0 atom stereocenters. The maximum atomic E-state index is 3.52. The van der Waals surface area contributed by atoms with Crippen molar-refractivity contribution in [3.05, 3.63) is 36.0 Å². The average molecular weight is 230 g/mol. The zero-order valence-corrected chi connectivity index (χ0v) is 11.2. The fourth-order valence-corrected chi connectivity index (χ4v) is 2.00. The Hall–Kier alpha value is -1.28. The highest BCUT2D eigenvalue weighted by Gasteiger charge is 2.08. The molecule has 0 bridgehead atoms. The molecule has 0 aliphatic carbocycles. The van der Waals surface area contributed by atoms with Gasteiger partial charge in [-0.15, -0.1) is 0 Å². The lowest BCUT2D eigenvalue weighted by atomic mass is 10.1. The van der Waals surface area contributed by atoms with Gasteiger partial charge in [0.2, 0.25) is 0 Å². The van der Waals surface area contributed by atoms with Crippen LogP contribution in [0.25, 0.3) is 10.9 Å². The van der Waals surface area contributed by atoms with Crippen LogP contribution < -0.4 is 5.32 Å². The molecule has 0 radical (unpaired) electrons. The van der Waals surface area contributed by atoms with Gasteiger partial charge in [-0.05, 0) is 56.8 Å². The Kier molecular flexibility index (Phi) is 3.25. The molecule has 2 rings (SSSR count). The lowest BCUT2D eigenvalue weighted by Crippen LogP contribution is -2.35. The largest absolute Gasteiger partial charge is 0.348 e. The molecule has 0 aliphatic heterocycles. The molecule has 1 N–H and O–H groups in total. The minimum atomic E-state index is 0.171. The second-order valence-electron chi connectivity index (χ2n) is 5.60. The smallest absolute Gasteiger partial charge is 0.0480 e. The SMILES string of the molecule is CCn1ccc2cc(CNC(C)(C)C)ccc21. The van der Waals surface area contributed by atoms with Gasteiger partial charge in [-0.3, -0.25) is 0 Å². The van der Waals surface area contributed by atoms with Gasteiger partial charge in [-0.25, -0.2) is 0 Å². The van der Waals surface area contributed by atoms with Crippen LogP contribution in [0.5, 0.6) is 0 Å². The molecule has 2 heteroatoms. The predicted octanol–water partition coefficient (Wildman–Crippen LogP) is 3.55. The fourth-order valence-electron chi connectivity index (χ4n) is 2.00. The summed E-state index contributed by atoms with van der Waals surface area (Å²) in [5.74, 6) is 0. The van der Waals surface area contributed by atoms with Crippen molar-refractivity contribution in [2.45, 2.75) is 46.3 Å². The van der Waals surface area contributed by atoms with E-state index in [2.05, 4.69) is 68.0 Å². The molecule has 0 saturated carbocycles. The lowest BCUT2D eigenvalue weighted by Gasteiger charge is -2.20. The van der Waals surface area contributed by atoms with E-state index in [-0.39, 0.29) is 5.54 Å². The first-order chi connectivity index (χ1) is 7.99. The summed E-state index contributed by atoms with van der Waals surface area (Å²) in [6, 6.07) is 8.91. The summed E-state index contributed by atoms with van der Waals surface area (Å²) in [6.07, 6.45) is 2.16. The maximum Gasteiger partial charge on any atom is 0.0480 e. The number of hydrogen-bond acceptors (Lipinski definition) is 1. The monoisotopic (exact) mass is 230 g/mol. The lowest BCUT2D eigenvalue weighted by molar-refractivity contribution is 0.424. The van der Waals surface area contributed by atoms with Gasteiger partial charge in [0.15, 0.2) is 0 Å². The van der Waals surface area contributed by atoms with Crippen LogP contribution in [-0.2, 0) is 13.1 Å². The fraction of sp³-hybridized carbons (Fsp3) is 0.467. The summed E-state index contributed by atoms with van der Waals surface area (Å²) in [5, 5.41) is 4.85. The van der Waals surface area contributed by atoms with Crippen molar-refractivity contribution in [3.8, 4) is 0 Å². The van der Waals surface area contributed by atoms with Crippen molar-refractivity contribution < 1.29 is 0 Å². The minimum Gasteiger partial charge on any atom is -0.348 e. The first-order valence-corrected chi connectivity index (χ1v) is 6.32. The van der Waals surface area contributed by atoms with Crippen molar-refractivity contribution in [2.24, 2.45) is 0 Å².